The minimum atomic E-state index is -0.414. The summed E-state index contributed by atoms with van der Waals surface area (Å²) in [7, 11) is 0. The molecule has 1 saturated heterocycles. The molecule has 1 unspecified atom stereocenters. The Morgan fingerprint density at radius 1 is 1.11 bits per heavy atom. The van der Waals surface area contributed by atoms with Gasteiger partial charge in [-0.3, -0.25) is 14.9 Å². The third-order valence-corrected chi connectivity index (χ3v) is 5.76. The van der Waals surface area contributed by atoms with E-state index in [4.69, 9.17) is 9.47 Å². The van der Waals surface area contributed by atoms with Crippen molar-refractivity contribution in [3.05, 3.63) is 12.1 Å². The van der Waals surface area contributed by atoms with Gasteiger partial charge in [0.2, 0.25) is 24.6 Å². The van der Waals surface area contributed by atoms with Crippen molar-refractivity contribution in [3.8, 4) is 11.5 Å². The van der Waals surface area contributed by atoms with Gasteiger partial charge in [-0.25, -0.2) is 4.98 Å². The van der Waals surface area contributed by atoms with Crippen molar-refractivity contribution in [1.29, 1.82) is 0 Å². The Balaban J connectivity index is 1.32. The zero-order valence-electron chi connectivity index (χ0n) is 15.0. The quantitative estimate of drug-likeness (QED) is 0.865. The first-order valence-corrected chi connectivity index (χ1v) is 9.60. The number of nitrogens with one attached hydrogen (secondary N) is 2. The average Bonchev–Trinajstić information content (AvgIpc) is 3.44. The number of aromatic amines is 1. The van der Waals surface area contributed by atoms with E-state index in [1.807, 2.05) is 6.07 Å². The normalized spacial score (nSPS) is 21.9. The van der Waals surface area contributed by atoms with Crippen molar-refractivity contribution in [3.63, 3.8) is 0 Å². The fourth-order valence-electron chi connectivity index (χ4n) is 4.37. The Morgan fingerprint density at radius 2 is 1.89 bits per heavy atom. The molecule has 2 aliphatic heterocycles. The van der Waals surface area contributed by atoms with E-state index in [1.54, 1.807) is 11.0 Å². The first-order valence-electron chi connectivity index (χ1n) is 9.60. The lowest BCUT2D eigenvalue weighted by Gasteiger charge is -2.26. The van der Waals surface area contributed by atoms with E-state index in [1.165, 1.54) is 0 Å². The van der Waals surface area contributed by atoms with Gasteiger partial charge in [0.15, 0.2) is 11.5 Å². The fraction of sp³-hybridized carbons (Fsp3) is 0.526. The molecule has 5 rings (SSSR count). The third-order valence-electron chi connectivity index (χ3n) is 5.76. The lowest BCUT2D eigenvalue weighted by molar-refractivity contribution is -0.140. The first-order chi connectivity index (χ1) is 13.2. The molecule has 8 heteroatoms. The summed E-state index contributed by atoms with van der Waals surface area (Å²) in [5.41, 5.74) is 1.46. The lowest BCUT2D eigenvalue weighted by atomic mass is 10.1. The Morgan fingerprint density at radius 3 is 2.70 bits per heavy atom. The van der Waals surface area contributed by atoms with Crippen LogP contribution in [-0.4, -0.2) is 46.1 Å². The van der Waals surface area contributed by atoms with Gasteiger partial charge >= 0.3 is 0 Å². The highest BCUT2D eigenvalue weighted by Gasteiger charge is 2.38. The van der Waals surface area contributed by atoms with E-state index in [0.29, 0.717) is 35.9 Å². The molecule has 1 aliphatic carbocycles. The van der Waals surface area contributed by atoms with Gasteiger partial charge in [-0.1, -0.05) is 12.8 Å². The van der Waals surface area contributed by atoms with Gasteiger partial charge in [-0.2, -0.15) is 0 Å². The lowest BCUT2D eigenvalue weighted by Crippen LogP contribution is -2.45. The number of carbonyl (C=O) groups excluding carboxylic acids is 2. The van der Waals surface area contributed by atoms with Gasteiger partial charge in [0, 0.05) is 24.6 Å². The number of benzene rings is 1. The highest BCUT2D eigenvalue weighted by molar-refractivity contribution is 5.98. The molecule has 1 saturated carbocycles. The third kappa shape index (κ3) is 2.89. The Labute approximate surface area is 156 Å². The standard InChI is InChI=1S/C19H22N4O4/c24-17(14-6-3-7-23(14)18(25)11-4-1-2-5-11)22-19-20-12-8-15-16(27-10-26-15)9-13(12)21-19/h8-9,11,14H,1-7,10H2,(H2,20,21,22,24). The Kier molecular flexibility index (Phi) is 3.91. The molecular weight excluding hydrogens is 348 g/mol. The number of hydrogen-bond acceptors (Lipinski definition) is 5. The molecule has 1 aromatic carbocycles. The van der Waals surface area contributed by atoms with E-state index in [0.717, 1.165) is 37.6 Å². The van der Waals surface area contributed by atoms with Crippen molar-refractivity contribution in [1.82, 2.24) is 14.9 Å². The molecule has 0 radical (unpaired) electrons. The molecule has 3 aliphatic rings. The summed E-state index contributed by atoms with van der Waals surface area (Å²) in [4.78, 5) is 34.9. The number of carbonyl (C=O) groups is 2. The number of H-pyrrole nitrogens is 1. The maximum absolute atomic E-state index is 12.8. The van der Waals surface area contributed by atoms with E-state index >= 15 is 0 Å². The Bertz CT molecular complexity index is 861. The monoisotopic (exact) mass is 370 g/mol. The van der Waals surface area contributed by atoms with Crippen LogP contribution in [-0.2, 0) is 9.59 Å². The zero-order valence-corrected chi connectivity index (χ0v) is 15.0. The van der Waals surface area contributed by atoms with Crippen molar-refractivity contribution in [2.75, 3.05) is 18.7 Å². The number of ether oxygens (including phenoxy) is 2. The van der Waals surface area contributed by atoms with Crippen LogP contribution in [0.4, 0.5) is 5.95 Å². The van der Waals surface area contributed by atoms with Crippen molar-refractivity contribution in [2.24, 2.45) is 5.92 Å². The van der Waals surface area contributed by atoms with Gasteiger partial charge in [-0.15, -0.1) is 0 Å². The van der Waals surface area contributed by atoms with Gasteiger partial charge in [0.05, 0.1) is 11.0 Å². The number of amides is 2. The summed E-state index contributed by atoms with van der Waals surface area (Å²) < 4.78 is 10.7. The smallest absolute Gasteiger partial charge is 0.249 e. The maximum Gasteiger partial charge on any atom is 0.249 e. The Hall–Kier alpha value is -2.77. The van der Waals surface area contributed by atoms with Crippen LogP contribution in [0.15, 0.2) is 12.1 Å². The van der Waals surface area contributed by atoms with Gasteiger partial charge in [0.1, 0.15) is 6.04 Å². The molecule has 2 amide bonds. The molecule has 8 nitrogen and oxygen atoms in total. The number of fused-ring (bicyclic) bond motifs is 2. The molecular formula is C19H22N4O4. The molecule has 27 heavy (non-hydrogen) atoms. The van der Waals surface area contributed by atoms with Crippen molar-refractivity contribution >= 4 is 28.8 Å². The molecule has 142 valence electrons. The summed E-state index contributed by atoms with van der Waals surface area (Å²) >= 11 is 0. The minimum absolute atomic E-state index is 0.0898. The summed E-state index contributed by atoms with van der Waals surface area (Å²) in [6.45, 7) is 0.868. The number of hydrogen-bond donors (Lipinski definition) is 2. The molecule has 2 N–H and O–H groups in total. The highest BCUT2D eigenvalue weighted by Crippen LogP contribution is 2.36. The van der Waals surface area contributed by atoms with E-state index in [-0.39, 0.29) is 24.5 Å². The molecule has 3 heterocycles. The predicted molar refractivity (Wildman–Crippen MR) is 97.5 cm³/mol. The second kappa shape index (κ2) is 6.44. The van der Waals surface area contributed by atoms with Crippen LogP contribution in [0.1, 0.15) is 38.5 Å². The van der Waals surface area contributed by atoms with Crippen molar-refractivity contribution in [2.45, 2.75) is 44.6 Å². The summed E-state index contributed by atoms with van der Waals surface area (Å²) in [5, 5.41) is 2.84. The van der Waals surface area contributed by atoms with Gasteiger partial charge in [0.25, 0.3) is 0 Å². The van der Waals surface area contributed by atoms with Crippen LogP contribution in [0.5, 0.6) is 11.5 Å². The van der Waals surface area contributed by atoms with Crippen LogP contribution in [0.2, 0.25) is 0 Å². The maximum atomic E-state index is 12.8. The number of nitrogens with zero attached hydrogens (tertiary/aromatic N) is 2. The number of anilines is 1. The molecule has 2 aromatic rings. The summed E-state index contributed by atoms with van der Waals surface area (Å²) in [6.07, 6.45) is 5.66. The van der Waals surface area contributed by atoms with Crippen LogP contribution in [0, 0.1) is 5.92 Å². The van der Waals surface area contributed by atoms with Crippen LogP contribution >= 0.6 is 0 Å². The van der Waals surface area contributed by atoms with Crippen LogP contribution in [0.25, 0.3) is 11.0 Å². The topological polar surface area (TPSA) is 96.6 Å². The fourth-order valence-corrected chi connectivity index (χ4v) is 4.37. The molecule has 0 spiro atoms. The van der Waals surface area contributed by atoms with Crippen LogP contribution in [0.3, 0.4) is 0 Å². The number of rotatable bonds is 3. The van der Waals surface area contributed by atoms with E-state index < -0.39 is 6.04 Å². The largest absolute Gasteiger partial charge is 0.454 e. The number of aromatic nitrogens is 2. The zero-order chi connectivity index (χ0) is 18.4. The van der Waals surface area contributed by atoms with E-state index in [9.17, 15) is 9.59 Å². The summed E-state index contributed by atoms with van der Waals surface area (Å²) in [5.74, 6) is 1.73. The van der Waals surface area contributed by atoms with Gasteiger partial charge in [-0.05, 0) is 25.7 Å². The van der Waals surface area contributed by atoms with Gasteiger partial charge < -0.3 is 19.4 Å². The second-order valence-electron chi connectivity index (χ2n) is 7.47. The molecule has 1 atom stereocenters. The van der Waals surface area contributed by atoms with E-state index in [2.05, 4.69) is 15.3 Å². The number of likely N-dealkylation sites (tertiary alicyclic amines) is 1. The highest BCUT2D eigenvalue weighted by atomic mass is 16.7. The first kappa shape index (κ1) is 16.4. The van der Waals surface area contributed by atoms with Crippen molar-refractivity contribution < 1.29 is 19.1 Å². The summed E-state index contributed by atoms with van der Waals surface area (Å²) in [6, 6.07) is 3.18. The predicted octanol–water partition coefficient (Wildman–Crippen LogP) is 2.41. The molecule has 1 aromatic heterocycles. The molecule has 2 fully saturated rings. The average molecular weight is 370 g/mol. The number of imidazole rings is 1. The molecule has 0 bridgehead atoms. The second-order valence-corrected chi connectivity index (χ2v) is 7.47. The van der Waals surface area contributed by atoms with Crippen LogP contribution < -0.4 is 14.8 Å². The SMILES string of the molecule is O=C(Nc1nc2cc3c(cc2[nH]1)OCO3)C1CCCN1C(=O)C1CCCC1. The minimum Gasteiger partial charge on any atom is -0.454 e.